The Labute approximate surface area is 303 Å². The number of benzene rings is 5. The molecule has 4 saturated carbocycles. The molecule has 2 heteroatoms. The molecule has 50 heavy (non-hydrogen) atoms. The minimum Gasteiger partial charge on any atom is -0.309 e. The fraction of sp³-hybridized carbons (Fsp3) is 0.375. The molecule has 4 fully saturated rings. The Kier molecular flexibility index (Phi) is 6.90. The lowest BCUT2D eigenvalue weighted by atomic mass is 9.41. The highest BCUT2D eigenvalue weighted by molar-refractivity contribution is 7.99. The van der Waals surface area contributed by atoms with Crippen molar-refractivity contribution in [3.05, 3.63) is 138 Å². The molecule has 0 amide bonds. The van der Waals surface area contributed by atoms with Crippen LogP contribution >= 0.6 is 11.8 Å². The van der Waals surface area contributed by atoms with Gasteiger partial charge in [0.05, 0.1) is 5.69 Å². The largest absolute Gasteiger partial charge is 0.309 e. The van der Waals surface area contributed by atoms with Crippen LogP contribution < -0.4 is 4.90 Å². The Balaban J connectivity index is 1.23. The maximum Gasteiger partial charge on any atom is 0.0604 e. The molecule has 1 heterocycles. The van der Waals surface area contributed by atoms with Crippen molar-refractivity contribution >= 4 is 28.8 Å². The molecule has 252 valence electrons. The van der Waals surface area contributed by atoms with E-state index in [1.54, 1.807) is 11.1 Å². The highest BCUT2D eigenvalue weighted by Gasteiger charge is 2.61. The minimum atomic E-state index is 0.0377. The predicted octanol–water partition coefficient (Wildman–Crippen LogP) is 13.4. The average Bonchev–Trinajstić information content (AvgIpc) is 3.12. The van der Waals surface area contributed by atoms with Gasteiger partial charge >= 0.3 is 0 Å². The normalized spacial score (nSPS) is 27.8. The van der Waals surface area contributed by atoms with Crippen molar-refractivity contribution in [1.82, 2.24) is 0 Å². The Hall–Kier alpha value is -3.75. The van der Waals surface area contributed by atoms with E-state index in [2.05, 4.69) is 148 Å². The van der Waals surface area contributed by atoms with Crippen LogP contribution in [0.2, 0.25) is 0 Å². The molecule has 5 aromatic carbocycles. The van der Waals surface area contributed by atoms with E-state index >= 15 is 0 Å². The number of rotatable bonds is 4. The SMILES string of the molecule is CC1(C)CCC(C)(C)c2cc(N(c3ccccc3)c3cccc4c3Sc3cccc(-c5ccccc5)c3C43C4CC5CC(C4)CC3C5)ccc21. The first kappa shape index (κ1) is 31.0. The molecule has 5 aliphatic carbocycles. The van der Waals surface area contributed by atoms with E-state index in [0.29, 0.717) is 11.8 Å². The molecule has 4 bridgehead atoms. The molecule has 1 aliphatic heterocycles. The summed E-state index contributed by atoms with van der Waals surface area (Å²) in [6.07, 6.45) is 9.42. The maximum atomic E-state index is 2.60. The Bertz CT molecular complexity index is 2080. The zero-order valence-electron chi connectivity index (χ0n) is 30.1. The Morgan fingerprint density at radius 1 is 0.560 bits per heavy atom. The number of para-hydroxylation sites is 1. The van der Waals surface area contributed by atoms with Crippen LogP contribution in [0.1, 0.15) is 94.9 Å². The highest BCUT2D eigenvalue weighted by Crippen LogP contribution is 2.70. The number of anilines is 3. The molecule has 0 unspecified atom stereocenters. The second-order valence-corrected chi connectivity index (χ2v) is 18.7. The van der Waals surface area contributed by atoms with Gasteiger partial charge in [0.25, 0.3) is 0 Å². The summed E-state index contributed by atoms with van der Waals surface area (Å²) in [6, 6.07) is 44.5. The van der Waals surface area contributed by atoms with Gasteiger partial charge in [-0.2, -0.15) is 0 Å². The molecule has 11 rings (SSSR count). The summed E-state index contributed by atoms with van der Waals surface area (Å²) < 4.78 is 0. The van der Waals surface area contributed by atoms with E-state index in [4.69, 9.17) is 0 Å². The van der Waals surface area contributed by atoms with Gasteiger partial charge in [-0.15, -0.1) is 0 Å². The summed E-state index contributed by atoms with van der Waals surface area (Å²) >= 11 is 2.04. The van der Waals surface area contributed by atoms with Crippen molar-refractivity contribution in [3.8, 4) is 11.1 Å². The third kappa shape index (κ3) is 4.46. The molecule has 1 nitrogen and oxygen atoms in total. The predicted molar refractivity (Wildman–Crippen MR) is 210 cm³/mol. The van der Waals surface area contributed by atoms with Gasteiger partial charge in [-0.3, -0.25) is 0 Å². The van der Waals surface area contributed by atoms with E-state index in [1.165, 1.54) is 94.1 Å². The molecular weight excluding hydrogens is 623 g/mol. The zero-order valence-corrected chi connectivity index (χ0v) is 30.9. The number of fused-ring (bicyclic) bond motifs is 3. The summed E-state index contributed by atoms with van der Waals surface area (Å²) in [7, 11) is 0. The Morgan fingerprint density at radius 3 is 1.90 bits per heavy atom. The van der Waals surface area contributed by atoms with E-state index in [9.17, 15) is 0 Å². The van der Waals surface area contributed by atoms with Gasteiger partial charge in [-0.05, 0) is 149 Å². The minimum absolute atomic E-state index is 0.0377. The smallest absolute Gasteiger partial charge is 0.0604 e. The van der Waals surface area contributed by atoms with E-state index in [-0.39, 0.29) is 16.2 Å². The molecular formula is C48H49NS. The van der Waals surface area contributed by atoms with Crippen LogP contribution in [0.3, 0.4) is 0 Å². The van der Waals surface area contributed by atoms with Crippen LogP contribution in [-0.2, 0) is 16.2 Å². The average molecular weight is 672 g/mol. The topological polar surface area (TPSA) is 3.24 Å². The first-order valence-corrected chi connectivity index (χ1v) is 20.1. The van der Waals surface area contributed by atoms with Crippen LogP contribution in [0.15, 0.2) is 125 Å². The monoisotopic (exact) mass is 671 g/mol. The Morgan fingerprint density at radius 2 is 1.20 bits per heavy atom. The van der Waals surface area contributed by atoms with Crippen molar-refractivity contribution in [2.45, 2.75) is 98.7 Å². The van der Waals surface area contributed by atoms with Gasteiger partial charge in [-0.25, -0.2) is 0 Å². The van der Waals surface area contributed by atoms with E-state index in [1.807, 2.05) is 11.8 Å². The van der Waals surface area contributed by atoms with Crippen LogP contribution in [-0.4, -0.2) is 0 Å². The van der Waals surface area contributed by atoms with Gasteiger partial charge in [0.1, 0.15) is 0 Å². The fourth-order valence-corrected chi connectivity index (χ4v) is 13.1. The first-order valence-electron chi connectivity index (χ1n) is 19.2. The van der Waals surface area contributed by atoms with Crippen molar-refractivity contribution < 1.29 is 0 Å². The van der Waals surface area contributed by atoms with Crippen LogP contribution in [0, 0.1) is 23.7 Å². The molecule has 0 saturated heterocycles. The quantitative estimate of drug-likeness (QED) is 0.187. The second kappa shape index (κ2) is 11.1. The summed E-state index contributed by atoms with van der Waals surface area (Å²) in [5, 5.41) is 0. The molecule has 0 radical (unpaired) electrons. The van der Waals surface area contributed by atoms with E-state index in [0.717, 1.165) is 11.8 Å². The molecule has 5 aromatic rings. The molecule has 0 N–H and O–H groups in total. The van der Waals surface area contributed by atoms with Gasteiger partial charge in [0.2, 0.25) is 0 Å². The van der Waals surface area contributed by atoms with Crippen LogP contribution in [0.25, 0.3) is 11.1 Å². The summed E-state index contributed by atoms with van der Waals surface area (Å²) in [5.74, 6) is 3.18. The molecule has 0 atom stereocenters. The van der Waals surface area contributed by atoms with Gasteiger partial charge < -0.3 is 4.90 Å². The summed E-state index contributed by atoms with van der Waals surface area (Å²) in [6.45, 7) is 9.78. The lowest BCUT2D eigenvalue weighted by Crippen LogP contribution is -2.57. The van der Waals surface area contributed by atoms with Crippen molar-refractivity contribution in [1.29, 1.82) is 0 Å². The van der Waals surface area contributed by atoms with Crippen molar-refractivity contribution in [2.24, 2.45) is 23.7 Å². The van der Waals surface area contributed by atoms with Gasteiger partial charge in [-0.1, -0.05) is 118 Å². The first-order chi connectivity index (χ1) is 24.2. The fourth-order valence-electron chi connectivity index (χ4n) is 11.8. The third-order valence-corrected chi connectivity index (χ3v) is 15.1. The summed E-state index contributed by atoms with van der Waals surface area (Å²) in [4.78, 5) is 5.54. The van der Waals surface area contributed by atoms with E-state index < -0.39 is 0 Å². The molecule has 0 aromatic heterocycles. The van der Waals surface area contributed by atoms with Gasteiger partial charge in [0.15, 0.2) is 0 Å². The zero-order chi connectivity index (χ0) is 33.8. The number of nitrogens with zero attached hydrogens (tertiary/aromatic N) is 1. The summed E-state index contributed by atoms with van der Waals surface area (Å²) in [5.41, 5.74) is 13.3. The second-order valence-electron chi connectivity index (χ2n) is 17.6. The lowest BCUT2D eigenvalue weighted by Gasteiger charge is -2.63. The molecule has 6 aliphatic rings. The standard InChI is InChI=1S/C48H49NS/c1-46(2)23-24-47(3,4)41-30-37(21-22-39(41)46)49(36-15-9-6-10-16-36)42-19-12-18-40-45(42)50-43-20-11-17-38(33-13-7-5-8-14-33)44(43)48(40)34-26-31-25-32(28-34)29-35(48)27-31/h5-22,30-32,34-35H,23-29H2,1-4H3. The number of hydrogen-bond donors (Lipinski definition) is 0. The highest BCUT2D eigenvalue weighted by atomic mass is 32.2. The maximum absolute atomic E-state index is 2.60. The van der Waals surface area contributed by atoms with Gasteiger partial charge in [0, 0.05) is 26.6 Å². The number of hydrogen-bond acceptors (Lipinski definition) is 2. The third-order valence-electron chi connectivity index (χ3n) is 14.0. The van der Waals surface area contributed by atoms with Crippen LogP contribution in [0.5, 0.6) is 0 Å². The van der Waals surface area contributed by atoms with Crippen molar-refractivity contribution in [3.63, 3.8) is 0 Å². The van der Waals surface area contributed by atoms with Crippen LogP contribution in [0.4, 0.5) is 17.1 Å². The van der Waals surface area contributed by atoms with Crippen molar-refractivity contribution in [2.75, 3.05) is 4.90 Å². The lowest BCUT2D eigenvalue weighted by molar-refractivity contribution is -0.0441. The molecule has 1 spiro atoms.